The maximum Gasteiger partial charge on any atom is 0.411 e. The van der Waals surface area contributed by atoms with Crippen LogP contribution in [0.3, 0.4) is 0 Å². The van der Waals surface area contributed by atoms with Gasteiger partial charge in [-0.05, 0) is 36.5 Å². The summed E-state index contributed by atoms with van der Waals surface area (Å²) in [6.45, 7) is 3.04. The van der Waals surface area contributed by atoms with Crippen LogP contribution in [0.25, 0.3) is 11.4 Å². The molecular weight excluding hydrogens is 576 g/mol. The number of ketones is 1. The van der Waals surface area contributed by atoms with Gasteiger partial charge in [-0.15, -0.1) is 10.2 Å². The minimum absolute atomic E-state index is 0.177. The first kappa shape index (κ1) is 29.6. The van der Waals surface area contributed by atoms with Gasteiger partial charge in [0.2, 0.25) is 17.6 Å². The van der Waals surface area contributed by atoms with Gasteiger partial charge in [-0.3, -0.25) is 24.3 Å². The number of nitrogens with one attached hydrogen (secondary N) is 2. The Hall–Kier alpha value is -4.84. The van der Waals surface area contributed by atoms with Gasteiger partial charge in [0.05, 0.1) is 24.8 Å². The first-order valence-electron chi connectivity index (χ1n) is 13.6. The summed E-state index contributed by atoms with van der Waals surface area (Å²) in [7, 11) is 1.16. The average Bonchev–Trinajstić information content (AvgIpc) is 3.66. The quantitative estimate of drug-likeness (QED) is 0.253. The molecule has 2 N–H and O–H groups in total. The number of anilines is 1. The number of methoxy groups -OCH3 is 1. The van der Waals surface area contributed by atoms with Crippen LogP contribution in [0.5, 0.6) is 0 Å². The molecule has 1 saturated carbocycles. The van der Waals surface area contributed by atoms with Crippen molar-refractivity contribution in [2.24, 2.45) is 5.92 Å². The van der Waals surface area contributed by atoms with Crippen molar-refractivity contribution in [2.45, 2.75) is 44.7 Å². The van der Waals surface area contributed by atoms with E-state index in [1.807, 2.05) is 12.1 Å². The van der Waals surface area contributed by atoms with Gasteiger partial charge in [0.25, 0.3) is 11.4 Å². The second-order valence-electron chi connectivity index (χ2n) is 10.5. The molecule has 43 heavy (non-hydrogen) atoms. The van der Waals surface area contributed by atoms with Crippen LogP contribution in [0.4, 0.5) is 10.5 Å². The SMILES string of the molecule is COC(=O)Nc1cnc(-c2ccccc2)n(CC(=O)N[C@@H](C(=O)c2nnc(C3(c4ccc(Cl)cc4)CC3)o2)C(C)C)c1=O. The Morgan fingerprint density at radius 2 is 1.77 bits per heavy atom. The number of carbonyl (C=O) groups is 3. The van der Waals surface area contributed by atoms with E-state index >= 15 is 0 Å². The van der Waals surface area contributed by atoms with Gasteiger partial charge < -0.3 is 14.5 Å². The third-order valence-corrected chi connectivity index (χ3v) is 7.51. The van der Waals surface area contributed by atoms with Crippen molar-refractivity contribution in [3.05, 3.63) is 93.5 Å². The zero-order valence-electron chi connectivity index (χ0n) is 23.7. The monoisotopic (exact) mass is 604 g/mol. The number of benzene rings is 2. The number of carbonyl (C=O) groups excluding carboxylic acids is 3. The zero-order chi connectivity index (χ0) is 30.7. The number of aromatic nitrogens is 4. The fourth-order valence-corrected chi connectivity index (χ4v) is 4.90. The molecule has 13 heteroatoms. The highest BCUT2D eigenvalue weighted by Crippen LogP contribution is 2.53. The fourth-order valence-electron chi connectivity index (χ4n) is 4.77. The lowest BCUT2D eigenvalue weighted by Crippen LogP contribution is -2.46. The highest BCUT2D eigenvalue weighted by molar-refractivity contribution is 6.30. The molecule has 2 aromatic carbocycles. The molecule has 0 spiro atoms. The van der Waals surface area contributed by atoms with Crippen LogP contribution >= 0.6 is 11.6 Å². The topological polar surface area (TPSA) is 158 Å². The molecule has 2 heterocycles. The molecule has 0 aliphatic heterocycles. The van der Waals surface area contributed by atoms with Crippen LogP contribution < -0.4 is 16.2 Å². The number of hydrogen-bond acceptors (Lipinski definition) is 9. The van der Waals surface area contributed by atoms with E-state index in [9.17, 15) is 19.2 Å². The fraction of sp³-hybridized carbons (Fsp3) is 0.300. The maximum atomic E-state index is 13.5. The normalized spacial score (nSPS) is 14.2. The Bertz CT molecular complexity index is 1710. The van der Waals surface area contributed by atoms with Crippen LogP contribution in [0.15, 0.2) is 70.0 Å². The van der Waals surface area contributed by atoms with Crippen LogP contribution in [0, 0.1) is 5.92 Å². The second kappa shape index (κ2) is 12.2. The summed E-state index contributed by atoms with van der Waals surface area (Å²) in [5.41, 5.74) is 0.203. The Labute approximate surface area is 251 Å². The Morgan fingerprint density at radius 1 is 1.07 bits per heavy atom. The first-order chi connectivity index (χ1) is 20.6. The molecule has 1 aliphatic carbocycles. The van der Waals surface area contributed by atoms with Crippen molar-refractivity contribution in [2.75, 3.05) is 12.4 Å². The molecule has 1 aliphatic rings. The summed E-state index contributed by atoms with van der Waals surface area (Å²) in [5, 5.41) is 13.8. The molecule has 2 aromatic heterocycles. The summed E-state index contributed by atoms with van der Waals surface area (Å²) < 4.78 is 11.6. The van der Waals surface area contributed by atoms with E-state index in [4.69, 9.17) is 16.0 Å². The van der Waals surface area contributed by atoms with E-state index in [1.165, 1.54) is 6.20 Å². The van der Waals surface area contributed by atoms with Crippen LogP contribution in [0.2, 0.25) is 5.02 Å². The molecule has 5 rings (SSSR count). The Morgan fingerprint density at radius 3 is 2.40 bits per heavy atom. The third kappa shape index (κ3) is 6.19. The summed E-state index contributed by atoms with van der Waals surface area (Å²) in [6.07, 6.45) is 1.90. The van der Waals surface area contributed by atoms with Gasteiger partial charge in [0.1, 0.15) is 18.1 Å². The molecule has 4 aromatic rings. The summed E-state index contributed by atoms with van der Waals surface area (Å²) in [5.74, 6) is -1.24. The molecule has 222 valence electrons. The number of nitrogens with zero attached hydrogens (tertiary/aromatic N) is 4. The Balaban J connectivity index is 1.38. The summed E-state index contributed by atoms with van der Waals surface area (Å²) in [6, 6.07) is 15.1. The van der Waals surface area contributed by atoms with Crippen molar-refractivity contribution in [3.8, 4) is 11.4 Å². The van der Waals surface area contributed by atoms with Crippen molar-refractivity contribution in [3.63, 3.8) is 0 Å². The first-order valence-corrected chi connectivity index (χ1v) is 13.9. The number of hydrogen-bond donors (Lipinski definition) is 2. The minimum Gasteiger partial charge on any atom is -0.453 e. The van der Waals surface area contributed by atoms with E-state index in [0.717, 1.165) is 30.1 Å². The molecular formula is C30H29ClN6O6. The van der Waals surface area contributed by atoms with E-state index in [0.29, 0.717) is 16.5 Å². The summed E-state index contributed by atoms with van der Waals surface area (Å²) in [4.78, 5) is 56.2. The number of rotatable bonds is 10. The number of halogens is 1. The van der Waals surface area contributed by atoms with Crippen molar-refractivity contribution in [1.82, 2.24) is 25.1 Å². The van der Waals surface area contributed by atoms with Crippen LogP contribution in [-0.4, -0.2) is 50.7 Å². The largest absolute Gasteiger partial charge is 0.453 e. The standard InChI is InChI=1S/C30H29ClN6O6/c1-17(2)23(24(39)26-35-36-28(43-26)30(13-14-30)19-9-11-20(31)12-10-19)34-22(38)16-37-25(18-7-5-4-6-8-18)32-15-21(27(37)40)33-29(41)42-3/h4-12,15,17,23H,13-14,16H2,1-3H3,(H,33,41)(H,34,38)/t23-/m1/s1. The van der Waals surface area contributed by atoms with Crippen LogP contribution in [0.1, 0.15) is 48.8 Å². The van der Waals surface area contributed by atoms with Gasteiger partial charge in [0.15, 0.2) is 0 Å². The third-order valence-electron chi connectivity index (χ3n) is 7.26. The number of amides is 2. The second-order valence-corrected chi connectivity index (χ2v) is 11.0. The molecule has 0 unspecified atom stereocenters. The van der Waals surface area contributed by atoms with Gasteiger partial charge in [-0.2, -0.15) is 0 Å². The maximum absolute atomic E-state index is 13.5. The smallest absolute Gasteiger partial charge is 0.411 e. The lowest BCUT2D eigenvalue weighted by Gasteiger charge is -2.21. The molecule has 0 radical (unpaired) electrons. The number of ether oxygens (including phenoxy) is 1. The molecule has 0 saturated heterocycles. The van der Waals surface area contributed by atoms with Gasteiger partial charge in [-0.25, -0.2) is 9.78 Å². The van der Waals surface area contributed by atoms with Crippen molar-refractivity contribution >= 4 is 35.1 Å². The van der Waals surface area contributed by atoms with E-state index in [1.54, 1.807) is 56.3 Å². The highest BCUT2D eigenvalue weighted by Gasteiger charge is 2.51. The van der Waals surface area contributed by atoms with Gasteiger partial charge >= 0.3 is 6.09 Å². The number of Topliss-reactive ketones (excluding diaryl/α,β-unsaturated/α-hetero) is 1. The summed E-state index contributed by atoms with van der Waals surface area (Å²) >= 11 is 6.04. The van der Waals surface area contributed by atoms with E-state index in [2.05, 4.69) is 30.6 Å². The van der Waals surface area contributed by atoms with Gasteiger partial charge in [0, 0.05) is 10.6 Å². The Kier molecular flexibility index (Phi) is 8.40. The highest BCUT2D eigenvalue weighted by atomic mass is 35.5. The molecule has 1 fully saturated rings. The molecule has 2 amide bonds. The average molecular weight is 605 g/mol. The van der Waals surface area contributed by atoms with E-state index in [-0.39, 0.29) is 23.3 Å². The van der Waals surface area contributed by atoms with E-state index < -0.39 is 41.3 Å². The zero-order valence-corrected chi connectivity index (χ0v) is 24.4. The molecule has 1 atom stereocenters. The lowest BCUT2D eigenvalue weighted by molar-refractivity contribution is -0.122. The predicted molar refractivity (Wildman–Crippen MR) is 157 cm³/mol. The predicted octanol–water partition coefficient (Wildman–Crippen LogP) is 4.23. The lowest BCUT2D eigenvalue weighted by atomic mass is 9.96. The van der Waals surface area contributed by atoms with Crippen molar-refractivity contribution in [1.29, 1.82) is 0 Å². The van der Waals surface area contributed by atoms with Crippen LogP contribution in [-0.2, 0) is 21.5 Å². The molecule has 0 bridgehead atoms. The minimum atomic E-state index is -1.02. The van der Waals surface area contributed by atoms with Crippen molar-refractivity contribution < 1.29 is 23.5 Å². The molecule has 12 nitrogen and oxygen atoms in total. The van der Waals surface area contributed by atoms with Gasteiger partial charge in [-0.1, -0.05) is 67.9 Å².